The number of aromatic nitrogens is 1. The van der Waals surface area contributed by atoms with Crippen LogP contribution in [-0.2, 0) is 9.59 Å². The smallest absolute Gasteiger partial charge is 0.481 e. The standard InChI is InChI=1S/C13H18N2O4S2.C2HF3O2/c1-8-11(12(15-19-8)9-2-3-9)13(18)14-5-7-21-20-6-4-10(16)17;3-2(4,5)1(6)7/h9H,2-7H2,1H3,(H,14,18)(H,16,17);(H,6,7). The number of hydrogen-bond donors (Lipinski definition) is 3. The fraction of sp³-hybridized carbons (Fsp3) is 0.600. The lowest BCUT2D eigenvalue weighted by Gasteiger charge is -2.05. The molecule has 0 aromatic carbocycles. The van der Waals surface area contributed by atoms with Crippen molar-refractivity contribution in [1.29, 1.82) is 0 Å². The molecule has 0 unspecified atom stereocenters. The largest absolute Gasteiger partial charge is 0.490 e. The second kappa shape index (κ2) is 11.2. The van der Waals surface area contributed by atoms with Crippen LogP contribution in [0, 0.1) is 6.92 Å². The van der Waals surface area contributed by atoms with Crippen molar-refractivity contribution in [3.63, 3.8) is 0 Å². The first-order valence-electron chi connectivity index (χ1n) is 8.04. The third-order valence-corrected chi connectivity index (χ3v) is 5.68. The second-order valence-corrected chi connectivity index (χ2v) is 8.32. The Morgan fingerprint density at radius 1 is 1.21 bits per heavy atom. The van der Waals surface area contributed by atoms with E-state index in [1.165, 1.54) is 10.8 Å². The number of carbonyl (C=O) groups excluding carboxylic acids is 1. The zero-order valence-corrected chi connectivity index (χ0v) is 16.4. The van der Waals surface area contributed by atoms with Crippen molar-refractivity contribution in [3.8, 4) is 0 Å². The van der Waals surface area contributed by atoms with Crippen LogP contribution in [0.15, 0.2) is 4.52 Å². The third-order valence-electron chi connectivity index (χ3n) is 3.28. The van der Waals surface area contributed by atoms with Crippen LogP contribution in [0.25, 0.3) is 0 Å². The Balaban J connectivity index is 0.000000480. The number of aliphatic carboxylic acids is 2. The maximum atomic E-state index is 12.2. The Kier molecular flexibility index (Phi) is 9.65. The number of amides is 1. The number of carbonyl (C=O) groups is 3. The van der Waals surface area contributed by atoms with Gasteiger partial charge in [0.1, 0.15) is 11.3 Å². The van der Waals surface area contributed by atoms with Gasteiger partial charge in [0.2, 0.25) is 0 Å². The highest BCUT2D eigenvalue weighted by Gasteiger charge is 2.38. The van der Waals surface area contributed by atoms with Gasteiger partial charge in [-0.2, -0.15) is 13.2 Å². The van der Waals surface area contributed by atoms with E-state index in [4.69, 9.17) is 19.5 Å². The van der Waals surface area contributed by atoms with Crippen molar-refractivity contribution in [2.75, 3.05) is 18.1 Å². The summed E-state index contributed by atoms with van der Waals surface area (Å²) in [4.78, 5) is 31.4. The van der Waals surface area contributed by atoms with Crippen LogP contribution in [0.1, 0.15) is 47.0 Å². The van der Waals surface area contributed by atoms with E-state index in [9.17, 15) is 22.8 Å². The molecule has 3 N–H and O–H groups in total. The van der Waals surface area contributed by atoms with E-state index in [0.29, 0.717) is 29.5 Å². The second-order valence-electron chi connectivity index (χ2n) is 5.62. The maximum absolute atomic E-state index is 12.2. The average molecular weight is 444 g/mol. The zero-order valence-electron chi connectivity index (χ0n) is 14.7. The number of hydrogen-bond acceptors (Lipinski definition) is 7. The van der Waals surface area contributed by atoms with Gasteiger partial charge in [-0.3, -0.25) is 9.59 Å². The number of aryl methyl sites for hydroxylation is 1. The first-order chi connectivity index (χ1) is 13.0. The van der Waals surface area contributed by atoms with Gasteiger partial charge in [-0.1, -0.05) is 26.7 Å². The van der Waals surface area contributed by atoms with Crippen LogP contribution >= 0.6 is 21.6 Å². The van der Waals surface area contributed by atoms with Crippen LogP contribution in [0.4, 0.5) is 13.2 Å². The molecule has 2 rings (SSSR count). The molecule has 28 heavy (non-hydrogen) atoms. The molecule has 1 fully saturated rings. The number of nitrogens with one attached hydrogen (secondary N) is 1. The van der Waals surface area contributed by atoms with Crippen LogP contribution in [-0.4, -0.2) is 57.4 Å². The molecule has 1 saturated carbocycles. The number of halogens is 3. The van der Waals surface area contributed by atoms with E-state index in [0.717, 1.165) is 24.3 Å². The van der Waals surface area contributed by atoms with Crippen molar-refractivity contribution in [2.24, 2.45) is 0 Å². The SMILES string of the molecule is Cc1onc(C2CC2)c1C(=O)NCCSSCCC(=O)O.O=C(O)C(F)(F)F. The molecule has 1 heterocycles. The van der Waals surface area contributed by atoms with Gasteiger partial charge in [-0.05, 0) is 19.8 Å². The summed E-state index contributed by atoms with van der Waals surface area (Å²) < 4.78 is 36.9. The molecule has 158 valence electrons. The summed E-state index contributed by atoms with van der Waals surface area (Å²) in [5.74, 6) is -1.42. The van der Waals surface area contributed by atoms with E-state index in [1.807, 2.05) is 0 Å². The van der Waals surface area contributed by atoms with Gasteiger partial charge in [0.15, 0.2) is 0 Å². The minimum absolute atomic E-state index is 0.133. The first kappa shape index (κ1) is 24.1. The Hall–Kier alpha value is -1.89. The number of nitrogens with zero attached hydrogens (tertiary/aromatic N) is 1. The molecule has 1 aliphatic rings. The van der Waals surface area contributed by atoms with Gasteiger partial charge in [-0.25, -0.2) is 4.79 Å². The molecule has 0 radical (unpaired) electrons. The molecule has 13 heteroatoms. The Morgan fingerprint density at radius 3 is 2.29 bits per heavy atom. The van der Waals surface area contributed by atoms with Crippen LogP contribution in [0.5, 0.6) is 0 Å². The lowest BCUT2D eigenvalue weighted by Crippen LogP contribution is -2.26. The van der Waals surface area contributed by atoms with E-state index in [2.05, 4.69) is 10.5 Å². The predicted molar refractivity (Wildman–Crippen MR) is 96.4 cm³/mol. The molecule has 1 aromatic heterocycles. The normalized spacial score (nSPS) is 13.4. The monoisotopic (exact) mass is 444 g/mol. The van der Waals surface area contributed by atoms with Crippen molar-refractivity contribution in [1.82, 2.24) is 10.5 Å². The minimum atomic E-state index is -5.08. The summed E-state index contributed by atoms with van der Waals surface area (Å²) in [6.07, 6.45) is -2.78. The van der Waals surface area contributed by atoms with Crippen molar-refractivity contribution < 1.29 is 42.3 Å². The van der Waals surface area contributed by atoms with Crippen molar-refractivity contribution in [2.45, 2.75) is 38.3 Å². The Bertz CT molecular complexity index is 692. The predicted octanol–water partition coefficient (Wildman–Crippen LogP) is 3.08. The molecule has 0 aliphatic heterocycles. The molecule has 0 bridgehead atoms. The molecule has 1 aliphatic carbocycles. The molecule has 1 amide bonds. The van der Waals surface area contributed by atoms with E-state index < -0.39 is 18.1 Å². The molecule has 0 atom stereocenters. The number of alkyl halides is 3. The van der Waals surface area contributed by atoms with E-state index in [1.54, 1.807) is 17.7 Å². The van der Waals surface area contributed by atoms with E-state index >= 15 is 0 Å². The molecule has 1 aromatic rings. The van der Waals surface area contributed by atoms with Crippen LogP contribution in [0.2, 0.25) is 0 Å². The van der Waals surface area contributed by atoms with Crippen molar-refractivity contribution in [3.05, 3.63) is 17.0 Å². The Labute approximate surface area is 166 Å². The summed E-state index contributed by atoms with van der Waals surface area (Å²) in [5.41, 5.74) is 1.37. The van der Waals surface area contributed by atoms with E-state index in [-0.39, 0.29) is 12.3 Å². The first-order valence-corrected chi connectivity index (χ1v) is 10.5. The number of rotatable bonds is 9. The van der Waals surface area contributed by atoms with Gasteiger partial charge in [0, 0.05) is 24.0 Å². The summed E-state index contributed by atoms with van der Waals surface area (Å²) in [5, 5.41) is 22.5. The molecular formula is C15H19F3N2O6S2. The number of carboxylic acids is 2. The third kappa shape index (κ3) is 8.87. The van der Waals surface area contributed by atoms with Gasteiger partial charge in [0.25, 0.3) is 5.91 Å². The summed E-state index contributed by atoms with van der Waals surface area (Å²) in [7, 11) is 3.07. The lowest BCUT2D eigenvalue weighted by atomic mass is 10.1. The van der Waals surface area contributed by atoms with Crippen LogP contribution in [0.3, 0.4) is 0 Å². The lowest BCUT2D eigenvalue weighted by molar-refractivity contribution is -0.192. The highest BCUT2D eigenvalue weighted by atomic mass is 33.1. The fourth-order valence-corrected chi connectivity index (χ4v) is 3.73. The highest BCUT2D eigenvalue weighted by Crippen LogP contribution is 2.41. The zero-order chi connectivity index (χ0) is 21.3. The Morgan fingerprint density at radius 2 is 1.79 bits per heavy atom. The van der Waals surface area contributed by atoms with Gasteiger partial charge in [0.05, 0.1) is 12.1 Å². The van der Waals surface area contributed by atoms with Gasteiger partial charge in [-0.15, -0.1) is 0 Å². The topological polar surface area (TPSA) is 130 Å². The van der Waals surface area contributed by atoms with Crippen molar-refractivity contribution >= 4 is 39.4 Å². The maximum Gasteiger partial charge on any atom is 0.490 e. The minimum Gasteiger partial charge on any atom is -0.481 e. The summed E-state index contributed by atoms with van der Waals surface area (Å²) >= 11 is 0. The summed E-state index contributed by atoms with van der Waals surface area (Å²) in [6.45, 7) is 2.29. The van der Waals surface area contributed by atoms with Gasteiger partial charge >= 0.3 is 18.1 Å². The fourth-order valence-electron chi connectivity index (χ4n) is 1.84. The highest BCUT2D eigenvalue weighted by molar-refractivity contribution is 8.76. The molecule has 8 nitrogen and oxygen atoms in total. The quantitative estimate of drug-likeness (QED) is 0.388. The van der Waals surface area contributed by atoms with Crippen LogP contribution < -0.4 is 5.32 Å². The average Bonchev–Trinajstić information content (AvgIpc) is 3.35. The molecule has 0 spiro atoms. The molecule has 0 saturated heterocycles. The summed E-state index contributed by atoms with van der Waals surface area (Å²) in [6, 6.07) is 0. The molecular weight excluding hydrogens is 425 g/mol. The number of carboxylic acid groups (broad SMARTS) is 2. The van der Waals surface area contributed by atoms with Gasteiger partial charge < -0.3 is 20.1 Å².